The van der Waals surface area contributed by atoms with E-state index in [0.717, 1.165) is 6.26 Å². The Kier molecular flexibility index (Phi) is 6.76. The van der Waals surface area contributed by atoms with Gasteiger partial charge in [0.1, 0.15) is 33.8 Å². The fourth-order valence-electron chi connectivity index (χ4n) is 2.65. The number of aromatic nitrogens is 1. The molecule has 31 heavy (non-hydrogen) atoms. The van der Waals surface area contributed by atoms with Crippen LogP contribution in [0.25, 0.3) is 0 Å². The summed E-state index contributed by atoms with van der Waals surface area (Å²) >= 11 is 1.17. The standard InChI is InChI=1S/C20H20FN3O5S2/c1-12-19(30-18(22-12)11-29-15-7-4-13(21)5-8-15)20(25)23-14-6-9-17(28-2)16(10-14)24-31(3,26)27/h4-10,24H,11H2,1-3H3,(H,23,25). The van der Waals surface area contributed by atoms with Gasteiger partial charge in [0.05, 0.1) is 24.7 Å². The van der Waals surface area contributed by atoms with Gasteiger partial charge in [-0.05, 0) is 49.4 Å². The number of methoxy groups -OCH3 is 1. The topological polar surface area (TPSA) is 107 Å². The van der Waals surface area contributed by atoms with Crippen molar-refractivity contribution in [3.8, 4) is 11.5 Å². The van der Waals surface area contributed by atoms with Crippen molar-refractivity contribution in [1.82, 2.24) is 4.98 Å². The highest BCUT2D eigenvalue weighted by atomic mass is 32.2. The summed E-state index contributed by atoms with van der Waals surface area (Å²) in [5.41, 5.74) is 1.12. The fourth-order valence-corrected chi connectivity index (χ4v) is 4.09. The Labute approximate surface area is 183 Å². The number of carbonyl (C=O) groups is 1. The van der Waals surface area contributed by atoms with Crippen LogP contribution in [-0.2, 0) is 16.6 Å². The molecule has 0 spiro atoms. The molecule has 0 fully saturated rings. The van der Waals surface area contributed by atoms with Gasteiger partial charge in [-0.3, -0.25) is 9.52 Å². The number of halogens is 1. The summed E-state index contributed by atoms with van der Waals surface area (Å²) in [5.74, 6) is 0.0605. The number of anilines is 2. The van der Waals surface area contributed by atoms with E-state index in [0.29, 0.717) is 32.8 Å². The number of carbonyl (C=O) groups excluding carboxylic acids is 1. The number of nitrogens with zero attached hydrogens (tertiary/aromatic N) is 1. The van der Waals surface area contributed by atoms with Crippen LogP contribution in [0.4, 0.5) is 15.8 Å². The van der Waals surface area contributed by atoms with Crippen molar-refractivity contribution in [3.63, 3.8) is 0 Å². The third kappa shape index (κ3) is 6.15. The number of amides is 1. The SMILES string of the molecule is COc1ccc(NC(=O)c2sc(COc3ccc(F)cc3)nc2C)cc1NS(C)(=O)=O. The Bertz CT molecular complexity index is 1190. The van der Waals surface area contributed by atoms with Crippen molar-refractivity contribution in [1.29, 1.82) is 0 Å². The molecule has 0 bridgehead atoms. The average molecular weight is 466 g/mol. The number of aryl methyl sites for hydroxylation is 1. The predicted octanol–water partition coefficient (Wildman–Crippen LogP) is 3.80. The molecule has 11 heteroatoms. The molecular weight excluding hydrogens is 445 g/mol. The van der Waals surface area contributed by atoms with Crippen LogP contribution in [-0.4, -0.2) is 32.7 Å². The van der Waals surface area contributed by atoms with Crippen molar-refractivity contribution >= 4 is 38.6 Å². The summed E-state index contributed by atoms with van der Waals surface area (Å²) in [7, 11) is -2.11. The van der Waals surface area contributed by atoms with E-state index in [1.54, 1.807) is 19.1 Å². The molecule has 164 valence electrons. The summed E-state index contributed by atoms with van der Waals surface area (Å²) in [6, 6.07) is 10.2. The molecule has 0 radical (unpaired) electrons. The van der Waals surface area contributed by atoms with Crippen LogP contribution in [0.3, 0.4) is 0 Å². The lowest BCUT2D eigenvalue weighted by atomic mass is 10.2. The van der Waals surface area contributed by atoms with Crippen LogP contribution in [0, 0.1) is 12.7 Å². The van der Waals surface area contributed by atoms with Crippen LogP contribution in [0.5, 0.6) is 11.5 Å². The number of thiazole rings is 1. The highest BCUT2D eigenvalue weighted by Crippen LogP contribution is 2.29. The first-order chi connectivity index (χ1) is 14.6. The van der Waals surface area contributed by atoms with Gasteiger partial charge in [0.15, 0.2) is 0 Å². The van der Waals surface area contributed by atoms with Crippen LogP contribution < -0.4 is 19.5 Å². The first kappa shape index (κ1) is 22.5. The Hall–Kier alpha value is -3.18. The minimum Gasteiger partial charge on any atom is -0.495 e. The van der Waals surface area contributed by atoms with Crippen LogP contribution in [0.1, 0.15) is 20.4 Å². The highest BCUT2D eigenvalue weighted by Gasteiger charge is 2.17. The van der Waals surface area contributed by atoms with Crippen LogP contribution in [0.2, 0.25) is 0 Å². The molecule has 0 atom stereocenters. The smallest absolute Gasteiger partial charge is 0.267 e. The van der Waals surface area contributed by atoms with E-state index in [9.17, 15) is 17.6 Å². The normalized spacial score (nSPS) is 11.1. The number of hydrogen-bond donors (Lipinski definition) is 2. The molecule has 0 unspecified atom stereocenters. The minimum absolute atomic E-state index is 0.134. The molecule has 0 saturated carbocycles. The molecule has 3 rings (SSSR count). The maximum Gasteiger partial charge on any atom is 0.267 e. The van der Waals surface area contributed by atoms with E-state index in [1.165, 1.54) is 48.8 Å². The third-order valence-corrected chi connectivity index (χ3v) is 5.70. The number of nitrogens with one attached hydrogen (secondary N) is 2. The van der Waals surface area contributed by atoms with E-state index in [-0.39, 0.29) is 18.1 Å². The van der Waals surface area contributed by atoms with Gasteiger partial charge in [0.25, 0.3) is 5.91 Å². The lowest BCUT2D eigenvalue weighted by Gasteiger charge is -2.12. The fraction of sp³-hybridized carbons (Fsp3) is 0.200. The zero-order chi connectivity index (χ0) is 22.6. The van der Waals surface area contributed by atoms with Gasteiger partial charge in [0.2, 0.25) is 10.0 Å². The summed E-state index contributed by atoms with van der Waals surface area (Å²) in [6.45, 7) is 1.84. The number of sulfonamides is 1. The Morgan fingerprint density at radius 1 is 1.19 bits per heavy atom. The van der Waals surface area contributed by atoms with Gasteiger partial charge >= 0.3 is 0 Å². The molecule has 2 N–H and O–H groups in total. The van der Waals surface area contributed by atoms with E-state index >= 15 is 0 Å². The molecule has 8 nitrogen and oxygen atoms in total. The van der Waals surface area contributed by atoms with Gasteiger partial charge in [-0.2, -0.15) is 0 Å². The minimum atomic E-state index is -3.53. The summed E-state index contributed by atoms with van der Waals surface area (Å²) in [6.07, 6.45) is 1.02. The van der Waals surface area contributed by atoms with Gasteiger partial charge < -0.3 is 14.8 Å². The van der Waals surface area contributed by atoms with Crippen LogP contribution in [0.15, 0.2) is 42.5 Å². The molecular formula is C20H20FN3O5S2. The second-order valence-electron chi connectivity index (χ2n) is 6.51. The van der Waals surface area contributed by atoms with Crippen molar-refractivity contribution in [2.45, 2.75) is 13.5 Å². The Morgan fingerprint density at radius 3 is 2.55 bits per heavy atom. The molecule has 0 saturated heterocycles. The quantitative estimate of drug-likeness (QED) is 0.524. The largest absolute Gasteiger partial charge is 0.495 e. The van der Waals surface area contributed by atoms with E-state index in [4.69, 9.17) is 9.47 Å². The molecule has 2 aromatic carbocycles. The number of hydrogen-bond acceptors (Lipinski definition) is 7. The average Bonchev–Trinajstić information content (AvgIpc) is 3.07. The van der Waals surface area contributed by atoms with Crippen molar-refractivity contribution < 1.29 is 27.1 Å². The number of benzene rings is 2. The molecule has 0 aliphatic carbocycles. The second kappa shape index (κ2) is 9.31. The van der Waals surface area contributed by atoms with E-state index < -0.39 is 15.9 Å². The zero-order valence-corrected chi connectivity index (χ0v) is 18.6. The van der Waals surface area contributed by atoms with E-state index in [2.05, 4.69) is 15.0 Å². The van der Waals surface area contributed by atoms with Crippen molar-refractivity contribution in [2.24, 2.45) is 0 Å². The van der Waals surface area contributed by atoms with Crippen molar-refractivity contribution in [3.05, 3.63) is 63.9 Å². The van der Waals surface area contributed by atoms with Gasteiger partial charge in [0, 0.05) is 5.69 Å². The summed E-state index contributed by atoms with van der Waals surface area (Å²) in [5, 5.41) is 3.31. The molecule has 0 aliphatic heterocycles. The molecule has 0 aliphatic rings. The Morgan fingerprint density at radius 2 is 1.90 bits per heavy atom. The summed E-state index contributed by atoms with van der Waals surface area (Å²) in [4.78, 5) is 17.5. The van der Waals surface area contributed by atoms with E-state index in [1.807, 2.05) is 0 Å². The second-order valence-corrected chi connectivity index (χ2v) is 9.34. The van der Waals surface area contributed by atoms with Gasteiger partial charge in [-0.25, -0.2) is 17.8 Å². The monoisotopic (exact) mass is 465 g/mol. The van der Waals surface area contributed by atoms with Crippen molar-refractivity contribution in [2.75, 3.05) is 23.4 Å². The molecule has 3 aromatic rings. The predicted molar refractivity (Wildman–Crippen MR) is 117 cm³/mol. The number of ether oxygens (including phenoxy) is 2. The van der Waals surface area contributed by atoms with Gasteiger partial charge in [-0.1, -0.05) is 0 Å². The maximum atomic E-state index is 13.0. The van der Waals surface area contributed by atoms with Crippen LogP contribution >= 0.6 is 11.3 Å². The summed E-state index contributed by atoms with van der Waals surface area (Å²) < 4.78 is 49.2. The maximum absolute atomic E-state index is 13.0. The van der Waals surface area contributed by atoms with Gasteiger partial charge in [-0.15, -0.1) is 11.3 Å². The first-order valence-corrected chi connectivity index (χ1v) is 11.7. The third-order valence-electron chi connectivity index (χ3n) is 3.98. The first-order valence-electron chi connectivity index (χ1n) is 8.96. The lowest BCUT2D eigenvalue weighted by Crippen LogP contribution is -2.13. The number of rotatable bonds is 8. The Balaban J connectivity index is 1.72. The molecule has 1 heterocycles. The zero-order valence-electron chi connectivity index (χ0n) is 16.9. The molecule has 1 aromatic heterocycles. The highest BCUT2D eigenvalue weighted by molar-refractivity contribution is 7.92. The molecule has 1 amide bonds. The lowest BCUT2D eigenvalue weighted by molar-refractivity contribution is 0.103.